The summed E-state index contributed by atoms with van der Waals surface area (Å²) in [6.07, 6.45) is -4.87. The minimum atomic E-state index is -4.87. The minimum absolute atomic E-state index is 0.412. The largest absolute Gasteiger partial charge is 0.573 e. The molecule has 1 rings (SSSR count). The van der Waals surface area contributed by atoms with Gasteiger partial charge in [0.1, 0.15) is 10.6 Å². The molecule has 1 aromatic rings. The van der Waals surface area contributed by atoms with E-state index in [-0.39, 0.29) is 0 Å². The van der Waals surface area contributed by atoms with Crippen molar-refractivity contribution in [3.63, 3.8) is 0 Å². The molecule has 0 heterocycles. The second kappa shape index (κ2) is 3.97. The molecule has 1 atom stereocenters. The summed E-state index contributed by atoms with van der Waals surface area (Å²) in [6, 6.07) is 4.66. The highest BCUT2D eigenvalue weighted by Crippen LogP contribution is 2.27. The first-order valence-electron chi connectivity index (χ1n) is 3.36. The lowest BCUT2D eigenvalue weighted by molar-refractivity contribution is -0.275. The van der Waals surface area contributed by atoms with Gasteiger partial charge in [-0.15, -0.1) is 13.2 Å². The summed E-state index contributed by atoms with van der Waals surface area (Å²) in [4.78, 5) is -0.412. The molecule has 0 saturated heterocycles. The average molecular weight is 226 g/mol. The Kier molecular flexibility index (Phi) is 3.12. The van der Waals surface area contributed by atoms with Gasteiger partial charge in [-0.2, -0.15) is 0 Å². The summed E-state index contributed by atoms with van der Waals surface area (Å²) in [7, 11) is 0. The maximum atomic E-state index is 11.8. The average Bonchev–Trinajstić information content (AvgIpc) is 2.01. The topological polar surface area (TPSA) is 46.5 Å². The maximum Gasteiger partial charge on any atom is 0.573 e. The second-order valence-electron chi connectivity index (χ2n) is 2.24. The van der Waals surface area contributed by atoms with Crippen LogP contribution in [0.1, 0.15) is 0 Å². The van der Waals surface area contributed by atoms with E-state index in [1.54, 1.807) is 0 Å². The fraction of sp³-hybridized carbons (Fsp3) is 0.143. The van der Waals surface area contributed by atoms with Gasteiger partial charge in [0, 0.05) is 0 Å². The first kappa shape index (κ1) is 11.0. The van der Waals surface area contributed by atoms with Crippen LogP contribution in [0.2, 0.25) is 0 Å². The van der Waals surface area contributed by atoms with Crippen LogP contribution in [0.5, 0.6) is 5.75 Å². The Hall–Kier alpha value is -1.08. The summed E-state index contributed by atoms with van der Waals surface area (Å²) >= 11 is -2.50. The normalized spacial score (nSPS) is 13.7. The molecule has 14 heavy (non-hydrogen) atoms. The van der Waals surface area contributed by atoms with Crippen LogP contribution in [0.4, 0.5) is 13.2 Å². The van der Waals surface area contributed by atoms with Crippen LogP contribution >= 0.6 is 0 Å². The molecule has 1 aromatic carbocycles. The third-order valence-electron chi connectivity index (χ3n) is 1.26. The number of hydrogen-bond donors (Lipinski definition) is 1. The molecule has 0 aliphatic rings. The molecule has 1 N–H and O–H groups in total. The number of ether oxygens (including phenoxy) is 1. The van der Waals surface area contributed by atoms with Crippen molar-refractivity contribution in [2.75, 3.05) is 0 Å². The Labute approximate surface area is 79.8 Å². The van der Waals surface area contributed by atoms with E-state index < -0.39 is 28.1 Å². The van der Waals surface area contributed by atoms with Crippen LogP contribution in [0, 0.1) is 0 Å². The van der Waals surface area contributed by atoms with E-state index in [9.17, 15) is 17.4 Å². The van der Waals surface area contributed by atoms with E-state index in [4.69, 9.17) is 4.55 Å². The van der Waals surface area contributed by atoms with Crippen LogP contribution in [-0.4, -0.2) is 15.1 Å². The Morgan fingerprint density at radius 3 is 2.36 bits per heavy atom. The number of benzene rings is 1. The molecule has 0 spiro atoms. The van der Waals surface area contributed by atoms with Crippen molar-refractivity contribution >= 4 is 11.1 Å². The Morgan fingerprint density at radius 1 is 1.29 bits per heavy atom. The van der Waals surface area contributed by atoms with Gasteiger partial charge in [0.2, 0.25) is 0 Å². The van der Waals surface area contributed by atoms with Gasteiger partial charge in [-0.25, -0.2) is 4.21 Å². The van der Waals surface area contributed by atoms with E-state index in [0.717, 1.165) is 12.1 Å². The fourth-order valence-electron chi connectivity index (χ4n) is 0.803. The number of rotatable bonds is 2. The van der Waals surface area contributed by atoms with E-state index in [0.29, 0.717) is 0 Å². The molecule has 78 valence electrons. The van der Waals surface area contributed by atoms with E-state index in [1.807, 2.05) is 0 Å². The second-order valence-corrected chi connectivity index (χ2v) is 3.18. The van der Waals surface area contributed by atoms with Crippen LogP contribution in [0.25, 0.3) is 0 Å². The predicted octanol–water partition coefficient (Wildman–Crippen LogP) is 2.17. The van der Waals surface area contributed by atoms with Crippen LogP contribution in [0.15, 0.2) is 29.2 Å². The Morgan fingerprint density at radius 2 is 1.86 bits per heavy atom. The predicted molar refractivity (Wildman–Crippen MR) is 42.2 cm³/mol. The summed E-state index contributed by atoms with van der Waals surface area (Å²) in [5.41, 5.74) is 0. The van der Waals surface area contributed by atoms with Gasteiger partial charge >= 0.3 is 6.36 Å². The third kappa shape index (κ3) is 3.00. The van der Waals surface area contributed by atoms with Gasteiger partial charge in [0.05, 0.1) is 0 Å². The first-order valence-corrected chi connectivity index (χ1v) is 4.46. The molecular weight excluding hydrogens is 221 g/mol. The zero-order chi connectivity index (χ0) is 10.8. The van der Waals surface area contributed by atoms with Gasteiger partial charge in [-0.3, -0.25) is 0 Å². The molecule has 1 unspecified atom stereocenters. The van der Waals surface area contributed by atoms with E-state index >= 15 is 0 Å². The van der Waals surface area contributed by atoms with Crippen molar-refractivity contribution in [2.24, 2.45) is 0 Å². The van der Waals surface area contributed by atoms with E-state index in [1.165, 1.54) is 12.1 Å². The van der Waals surface area contributed by atoms with Crippen molar-refractivity contribution in [1.29, 1.82) is 0 Å². The van der Waals surface area contributed by atoms with Gasteiger partial charge in [-0.1, -0.05) is 12.1 Å². The third-order valence-corrected chi connectivity index (χ3v) is 1.98. The van der Waals surface area contributed by atoms with Crippen LogP contribution in [0.3, 0.4) is 0 Å². The maximum absolute atomic E-state index is 11.8. The molecule has 0 amide bonds. The fourth-order valence-corrected chi connectivity index (χ4v) is 1.28. The molecule has 0 aliphatic carbocycles. The molecule has 0 aliphatic heterocycles. The molecular formula is C7H5F3O3S. The van der Waals surface area contributed by atoms with Gasteiger partial charge < -0.3 is 9.29 Å². The molecule has 0 bridgehead atoms. The van der Waals surface area contributed by atoms with Gasteiger partial charge in [0.15, 0.2) is 11.1 Å². The van der Waals surface area contributed by atoms with E-state index in [2.05, 4.69) is 4.74 Å². The van der Waals surface area contributed by atoms with Crippen molar-refractivity contribution < 1.29 is 26.7 Å². The first-order chi connectivity index (χ1) is 6.40. The van der Waals surface area contributed by atoms with Crippen LogP contribution in [-0.2, 0) is 11.1 Å². The summed E-state index contributed by atoms with van der Waals surface area (Å²) < 4.78 is 58.1. The smallest absolute Gasteiger partial charge is 0.404 e. The molecule has 0 fully saturated rings. The highest BCUT2D eigenvalue weighted by molar-refractivity contribution is 7.79. The van der Waals surface area contributed by atoms with Gasteiger partial charge in [-0.05, 0) is 12.1 Å². The SMILES string of the molecule is O=S(O)c1ccccc1OC(F)(F)F. The molecule has 0 radical (unpaired) electrons. The zero-order valence-electron chi connectivity index (χ0n) is 6.62. The van der Waals surface area contributed by atoms with Crippen molar-refractivity contribution in [3.8, 4) is 5.75 Å². The van der Waals surface area contributed by atoms with Crippen molar-refractivity contribution in [3.05, 3.63) is 24.3 Å². The summed E-state index contributed by atoms with van der Waals surface area (Å²) in [5, 5.41) is 0. The summed E-state index contributed by atoms with van der Waals surface area (Å²) in [5.74, 6) is -0.666. The van der Waals surface area contributed by atoms with Gasteiger partial charge in [0.25, 0.3) is 0 Å². The molecule has 0 saturated carbocycles. The quantitative estimate of drug-likeness (QED) is 0.786. The summed E-state index contributed by atoms with van der Waals surface area (Å²) in [6.45, 7) is 0. The lowest BCUT2D eigenvalue weighted by Gasteiger charge is -2.10. The number of hydrogen-bond acceptors (Lipinski definition) is 2. The molecule has 3 nitrogen and oxygen atoms in total. The molecule has 7 heteroatoms. The Balaban J connectivity index is 3.02. The molecule has 0 aromatic heterocycles. The lowest BCUT2D eigenvalue weighted by Crippen LogP contribution is -2.18. The van der Waals surface area contributed by atoms with Crippen LogP contribution < -0.4 is 4.74 Å². The standard InChI is InChI=1S/C7H5F3O3S/c8-7(9,10)13-5-3-1-2-4-6(5)14(11)12/h1-4H,(H,11,12). The highest BCUT2D eigenvalue weighted by atomic mass is 32.2. The minimum Gasteiger partial charge on any atom is -0.404 e. The van der Waals surface area contributed by atoms with Crippen molar-refractivity contribution in [1.82, 2.24) is 0 Å². The monoisotopic (exact) mass is 226 g/mol. The number of halogens is 3. The number of alkyl halides is 3. The lowest BCUT2D eigenvalue weighted by atomic mass is 10.3. The number of para-hydroxylation sites is 1. The highest BCUT2D eigenvalue weighted by Gasteiger charge is 2.32. The zero-order valence-corrected chi connectivity index (χ0v) is 7.43. The Bertz CT molecular complexity index is 350. The van der Waals surface area contributed by atoms with Crippen molar-refractivity contribution in [2.45, 2.75) is 11.3 Å².